The molecule has 1 aliphatic rings. The lowest BCUT2D eigenvalue weighted by Crippen LogP contribution is -2.46. The van der Waals surface area contributed by atoms with Gasteiger partial charge in [-0.25, -0.2) is 0 Å². The summed E-state index contributed by atoms with van der Waals surface area (Å²) in [5.41, 5.74) is 1.37. The molecule has 0 aromatic heterocycles. The zero-order valence-corrected chi connectivity index (χ0v) is 11.7. The first-order chi connectivity index (χ1) is 8.83. The van der Waals surface area contributed by atoms with E-state index in [0.717, 1.165) is 6.04 Å². The largest absolute Gasteiger partial charge is 0.371 e. The zero-order chi connectivity index (χ0) is 12.8. The molecule has 2 heteroatoms. The molecule has 1 fully saturated rings. The second-order valence-electron chi connectivity index (χ2n) is 5.28. The molecule has 1 heterocycles. The van der Waals surface area contributed by atoms with Gasteiger partial charge in [0.15, 0.2) is 0 Å². The first-order valence-electron chi connectivity index (χ1n) is 7.39. The van der Waals surface area contributed by atoms with E-state index in [2.05, 4.69) is 54.4 Å². The topological polar surface area (TPSA) is 15.3 Å². The summed E-state index contributed by atoms with van der Waals surface area (Å²) in [5.74, 6) is 0. The Bertz CT molecular complexity index is 324. The average Bonchev–Trinajstić information content (AvgIpc) is 2.46. The molecule has 18 heavy (non-hydrogen) atoms. The van der Waals surface area contributed by atoms with E-state index < -0.39 is 0 Å². The van der Waals surface area contributed by atoms with Gasteiger partial charge in [0.1, 0.15) is 0 Å². The highest BCUT2D eigenvalue weighted by molar-refractivity contribution is 5.46. The molecule has 0 radical (unpaired) electrons. The lowest BCUT2D eigenvalue weighted by atomic mass is 10.0. The summed E-state index contributed by atoms with van der Waals surface area (Å²) in [6, 6.07) is 12.2. The van der Waals surface area contributed by atoms with Gasteiger partial charge in [-0.2, -0.15) is 0 Å². The average molecular weight is 246 g/mol. The molecule has 0 atom stereocenters. The van der Waals surface area contributed by atoms with E-state index in [1.54, 1.807) is 0 Å². The summed E-state index contributed by atoms with van der Waals surface area (Å²) < 4.78 is 0. The third-order valence-corrected chi connectivity index (χ3v) is 4.07. The molecule has 1 saturated heterocycles. The van der Waals surface area contributed by atoms with E-state index in [-0.39, 0.29) is 0 Å². The van der Waals surface area contributed by atoms with E-state index in [1.807, 2.05) is 0 Å². The van der Waals surface area contributed by atoms with Gasteiger partial charge in [0.05, 0.1) is 0 Å². The Hall–Kier alpha value is -1.02. The highest BCUT2D eigenvalue weighted by atomic mass is 15.1. The van der Waals surface area contributed by atoms with Crippen LogP contribution in [0.4, 0.5) is 5.69 Å². The molecule has 0 unspecified atom stereocenters. The van der Waals surface area contributed by atoms with Crippen LogP contribution in [-0.4, -0.2) is 25.2 Å². The standard InChI is InChI=1S/C16H26N2/c1-3-14(4-2)17-15-10-12-18(13-11-15)16-8-6-5-7-9-16/h5-9,14-15,17H,3-4,10-13H2,1-2H3. The van der Waals surface area contributed by atoms with E-state index in [4.69, 9.17) is 0 Å². The quantitative estimate of drug-likeness (QED) is 0.856. The first kappa shape index (κ1) is 13.4. The molecular weight excluding hydrogens is 220 g/mol. The second kappa shape index (κ2) is 6.79. The number of hydrogen-bond acceptors (Lipinski definition) is 2. The van der Waals surface area contributed by atoms with Crippen LogP contribution in [0.2, 0.25) is 0 Å². The van der Waals surface area contributed by atoms with Crippen molar-refractivity contribution in [3.63, 3.8) is 0 Å². The highest BCUT2D eigenvalue weighted by Crippen LogP contribution is 2.20. The molecule has 1 aromatic carbocycles. The summed E-state index contributed by atoms with van der Waals surface area (Å²) in [4.78, 5) is 2.51. The molecule has 1 aromatic rings. The number of para-hydroxylation sites is 1. The van der Waals surface area contributed by atoms with Gasteiger partial charge < -0.3 is 10.2 Å². The summed E-state index contributed by atoms with van der Waals surface area (Å²) in [5, 5.41) is 3.80. The number of hydrogen-bond donors (Lipinski definition) is 1. The Morgan fingerprint density at radius 1 is 1.11 bits per heavy atom. The molecule has 2 rings (SSSR count). The van der Waals surface area contributed by atoms with E-state index in [9.17, 15) is 0 Å². The molecular formula is C16H26N2. The number of anilines is 1. The Balaban J connectivity index is 1.81. The van der Waals surface area contributed by atoms with E-state index in [0.29, 0.717) is 6.04 Å². The second-order valence-corrected chi connectivity index (χ2v) is 5.28. The van der Waals surface area contributed by atoms with Crippen LogP contribution < -0.4 is 10.2 Å². The van der Waals surface area contributed by atoms with Crippen molar-refractivity contribution in [2.75, 3.05) is 18.0 Å². The van der Waals surface area contributed by atoms with E-state index >= 15 is 0 Å². The van der Waals surface area contributed by atoms with Crippen molar-refractivity contribution in [1.82, 2.24) is 5.32 Å². The monoisotopic (exact) mass is 246 g/mol. The van der Waals surface area contributed by atoms with Crippen molar-refractivity contribution in [3.8, 4) is 0 Å². The minimum Gasteiger partial charge on any atom is -0.371 e. The fourth-order valence-electron chi connectivity index (χ4n) is 2.80. The van der Waals surface area contributed by atoms with Crippen molar-refractivity contribution < 1.29 is 0 Å². The number of rotatable bonds is 5. The lowest BCUT2D eigenvalue weighted by molar-refractivity contribution is 0.354. The summed E-state index contributed by atoms with van der Waals surface area (Å²) in [7, 11) is 0. The molecule has 0 saturated carbocycles. The number of benzene rings is 1. The van der Waals surface area contributed by atoms with Crippen LogP contribution in [0.15, 0.2) is 30.3 Å². The molecule has 100 valence electrons. The van der Waals surface area contributed by atoms with Gasteiger partial charge in [-0.3, -0.25) is 0 Å². The fourth-order valence-corrected chi connectivity index (χ4v) is 2.80. The molecule has 1 N–H and O–H groups in total. The molecule has 1 aliphatic heterocycles. The smallest absolute Gasteiger partial charge is 0.0366 e. The van der Waals surface area contributed by atoms with Crippen molar-refractivity contribution in [2.24, 2.45) is 0 Å². The predicted molar refractivity (Wildman–Crippen MR) is 79.2 cm³/mol. The Morgan fingerprint density at radius 2 is 1.72 bits per heavy atom. The predicted octanol–water partition coefficient (Wildman–Crippen LogP) is 3.43. The minimum absolute atomic E-state index is 0.707. The van der Waals surface area contributed by atoms with Gasteiger partial charge in [-0.15, -0.1) is 0 Å². The maximum atomic E-state index is 3.80. The van der Waals surface area contributed by atoms with Gasteiger partial charge in [0.25, 0.3) is 0 Å². The normalized spacial score (nSPS) is 17.4. The fraction of sp³-hybridized carbons (Fsp3) is 0.625. The van der Waals surface area contributed by atoms with Crippen LogP contribution in [0.5, 0.6) is 0 Å². The maximum absolute atomic E-state index is 3.80. The van der Waals surface area contributed by atoms with Gasteiger partial charge in [-0.05, 0) is 37.8 Å². The van der Waals surface area contributed by atoms with E-state index in [1.165, 1.54) is 44.5 Å². The molecule has 0 aliphatic carbocycles. The van der Waals surface area contributed by atoms with Crippen LogP contribution in [0.25, 0.3) is 0 Å². The first-order valence-corrected chi connectivity index (χ1v) is 7.39. The molecule has 2 nitrogen and oxygen atoms in total. The van der Waals surface area contributed by atoms with Gasteiger partial charge in [-0.1, -0.05) is 32.0 Å². The third-order valence-electron chi connectivity index (χ3n) is 4.07. The van der Waals surface area contributed by atoms with Crippen molar-refractivity contribution in [3.05, 3.63) is 30.3 Å². The maximum Gasteiger partial charge on any atom is 0.0366 e. The van der Waals surface area contributed by atoms with Crippen LogP contribution in [0.1, 0.15) is 39.5 Å². The van der Waals surface area contributed by atoms with Crippen molar-refractivity contribution >= 4 is 5.69 Å². The number of nitrogens with one attached hydrogen (secondary N) is 1. The van der Waals surface area contributed by atoms with Gasteiger partial charge >= 0.3 is 0 Å². The van der Waals surface area contributed by atoms with Crippen molar-refractivity contribution in [1.29, 1.82) is 0 Å². The number of nitrogens with zero attached hydrogens (tertiary/aromatic N) is 1. The summed E-state index contributed by atoms with van der Waals surface area (Å²) >= 11 is 0. The summed E-state index contributed by atoms with van der Waals surface area (Å²) in [6.45, 7) is 6.92. The lowest BCUT2D eigenvalue weighted by Gasteiger charge is -2.35. The van der Waals surface area contributed by atoms with Crippen LogP contribution in [0.3, 0.4) is 0 Å². The SMILES string of the molecule is CCC(CC)NC1CCN(c2ccccc2)CC1. The van der Waals surface area contributed by atoms with Gasteiger partial charge in [0.2, 0.25) is 0 Å². The van der Waals surface area contributed by atoms with Crippen molar-refractivity contribution in [2.45, 2.75) is 51.6 Å². The van der Waals surface area contributed by atoms with Crippen LogP contribution >= 0.6 is 0 Å². The Kier molecular flexibility index (Phi) is 5.06. The van der Waals surface area contributed by atoms with Gasteiger partial charge in [0, 0.05) is 30.9 Å². The third kappa shape index (κ3) is 3.49. The van der Waals surface area contributed by atoms with Crippen LogP contribution in [-0.2, 0) is 0 Å². The number of piperidine rings is 1. The molecule has 0 amide bonds. The molecule has 0 bridgehead atoms. The minimum atomic E-state index is 0.707. The zero-order valence-electron chi connectivity index (χ0n) is 11.7. The van der Waals surface area contributed by atoms with Crippen LogP contribution in [0, 0.1) is 0 Å². The summed E-state index contributed by atoms with van der Waals surface area (Å²) in [6.07, 6.45) is 5.03. The highest BCUT2D eigenvalue weighted by Gasteiger charge is 2.20. The molecule has 0 spiro atoms. The Labute approximate surface area is 111 Å². The Morgan fingerprint density at radius 3 is 2.28 bits per heavy atom.